The SMILES string of the molecule is C=CC(=O)OC(C)COC(=O)NCCCC(C)CNC(=O)OCC(C)OC(=O)C=O. The highest BCUT2D eigenvalue weighted by atomic mass is 16.6. The van der Waals surface area contributed by atoms with Gasteiger partial charge in [-0.05, 0) is 32.6 Å². The van der Waals surface area contributed by atoms with Gasteiger partial charge in [-0.1, -0.05) is 13.5 Å². The molecular weight excluding hydrogens is 400 g/mol. The van der Waals surface area contributed by atoms with Crippen molar-refractivity contribution in [2.45, 2.75) is 45.8 Å². The maximum Gasteiger partial charge on any atom is 0.407 e. The lowest BCUT2D eigenvalue weighted by Crippen LogP contribution is -2.32. The van der Waals surface area contributed by atoms with Gasteiger partial charge in [-0.15, -0.1) is 0 Å². The number of rotatable bonds is 14. The van der Waals surface area contributed by atoms with Crippen LogP contribution in [0, 0.1) is 5.92 Å². The third kappa shape index (κ3) is 14.9. The molecule has 30 heavy (non-hydrogen) atoms. The lowest BCUT2D eigenvalue weighted by Gasteiger charge is -2.15. The lowest BCUT2D eigenvalue weighted by molar-refractivity contribution is -0.153. The van der Waals surface area contributed by atoms with E-state index >= 15 is 0 Å². The fourth-order valence-corrected chi connectivity index (χ4v) is 2.03. The first-order chi connectivity index (χ1) is 14.2. The van der Waals surface area contributed by atoms with E-state index in [0.717, 1.165) is 12.5 Å². The van der Waals surface area contributed by atoms with Crippen molar-refractivity contribution in [2.75, 3.05) is 26.3 Å². The molecule has 11 heteroatoms. The van der Waals surface area contributed by atoms with Gasteiger partial charge in [0.25, 0.3) is 0 Å². The minimum atomic E-state index is -1.02. The van der Waals surface area contributed by atoms with Crippen molar-refractivity contribution in [3.05, 3.63) is 12.7 Å². The predicted molar refractivity (Wildman–Crippen MR) is 104 cm³/mol. The van der Waals surface area contributed by atoms with E-state index < -0.39 is 36.3 Å². The number of hydrogen-bond donors (Lipinski definition) is 2. The first kappa shape index (κ1) is 26.9. The molecule has 0 aliphatic heterocycles. The third-order valence-electron chi connectivity index (χ3n) is 3.53. The molecule has 0 aromatic rings. The van der Waals surface area contributed by atoms with Crippen molar-refractivity contribution < 1.29 is 42.9 Å². The third-order valence-corrected chi connectivity index (χ3v) is 3.53. The van der Waals surface area contributed by atoms with Crippen molar-refractivity contribution in [1.82, 2.24) is 10.6 Å². The molecule has 0 radical (unpaired) electrons. The molecule has 2 N–H and O–H groups in total. The Kier molecular flexibility index (Phi) is 14.1. The summed E-state index contributed by atoms with van der Waals surface area (Å²) in [6, 6.07) is 0. The number of amides is 2. The molecule has 0 saturated carbocycles. The van der Waals surface area contributed by atoms with Gasteiger partial charge in [-0.25, -0.2) is 19.2 Å². The summed E-state index contributed by atoms with van der Waals surface area (Å²) in [6.07, 6.45) is -0.137. The second-order valence-corrected chi connectivity index (χ2v) is 6.57. The van der Waals surface area contributed by atoms with Gasteiger partial charge in [0.15, 0.2) is 0 Å². The summed E-state index contributed by atoms with van der Waals surface area (Å²) in [5.74, 6) is -1.49. The number of alkyl carbamates (subject to hydrolysis) is 2. The summed E-state index contributed by atoms with van der Waals surface area (Å²) in [7, 11) is 0. The zero-order valence-electron chi connectivity index (χ0n) is 17.5. The number of carbonyl (C=O) groups is 5. The summed E-state index contributed by atoms with van der Waals surface area (Å²) in [5, 5.41) is 5.15. The van der Waals surface area contributed by atoms with E-state index in [1.807, 2.05) is 6.92 Å². The summed E-state index contributed by atoms with van der Waals surface area (Å²) >= 11 is 0. The average molecular weight is 430 g/mol. The van der Waals surface area contributed by atoms with Crippen molar-refractivity contribution in [2.24, 2.45) is 5.92 Å². The van der Waals surface area contributed by atoms with Gasteiger partial charge >= 0.3 is 24.1 Å². The number of aldehydes is 1. The number of esters is 2. The largest absolute Gasteiger partial charge is 0.456 e. The molecule has 0 heterocycles. The van der Waals surface area contributed by atoms with Crippen LogP contribution in [-0.4, -0.2) is 68.9 Å². The first-order valence-corrected chi connectivity index (χ1v) is 9.48. The molecule has 0 bridgehead atoms. The molecule has 0 spiro atoms. The predicted octanol–water partition coefficient (Wildman–Crippen LogP) is 1.10. The smallest absolute Gasteiger partial charge is 0.407 e. The van der Waals surface area contributed by atoms with Crippen LogP contribution in [0.15, 0.2) is 12.7 Å². The van der Waals surface area contributed by atoms with Crippen LogP contribution < -0.4 is 10.6 Å². The molecule has 0 saturated heterocycles. The Morgan fingerprint density at radius 2 is 1.43 bits per heavy atom. The van der Waals surface area contributed by atoms with Gasteiger partial charge in [0.1, 0.15) is 25.4 Å². The number of hydrogen-bond acceptors (Lipinski definition) is 9. The molecule has 0 aliphatic carbocycles. The normalized spacial score (nSPS) is 13.0. The van der Waals surface area contributed by atoms with E-state index in [1.165, 1.54) is 6.92 Å². The molecule has 0 fully saturated rings. The van der Waals surface area contributed by atoms with E-state index in [0.29, 0.717) is 19.5 Å². The summed E-state index contributed by atoms with van der Waals surface area (Å²) in [6.45, 7) is 8.78. The van der Waals surface area contributed by atoms with Crippen LogP contribution in [0.4, 0.5) is 9.59 Å². The molecule has 2 amide bonds. The van der Waals surface area contributed by atoms with Crippen molar-refractivity contribution in [3.63, 3.8) is 0 Å². The Labute approximate surface area is 175 Å². The highest BCUT2D eigenvalue weighted by Gasteiger charge is 2.13. The van der Waals surface area contributed by atoms with Crippen molar-refractivity contribution in [3.8, 4) is 0 Å². The molecule has 3 atom stereocenters. The second-order valence-electron chi connectivity index (χ2n) is 6.57. The minimum Gasteiger partial charge on any atom is -0.456 e. The van der Waals surface area contributed by atoms with Crippen LogP contribution >= 0.6 is 0 Å². The molecule has 0 aromatic carbocycles. The molecule has 170 valence electrons. The minimum absolute atomic E-state index is 0.0360. The molecule has 11 nitrogen and oxygen atoms in total. The van der Waals surface area contributed by atoms with Gasteiger partial charge in [0.05, 0.1) is 0 Å². The Morgan fingerprint density at radius 1 is 0.900 bits per heavy atom. The first-order valence-electron chi connectivity index (χ1n) is 9.48. The fraction of sp³-hybridized carbons (Fsp3) is 0.632. The van der Waals surface area contributed by atoms with E-state index in [4.69, 9.17) is 14.2 Å². The molecule has 0 aliphatic rings. The van der Waals surface area contributed by atoms with Crippen LogP contribution in [0.5, 0.6) is 0 Å². The van der Waals surface area contributed by atoms with Crippen molar-refractivity contribution >= 4 is 30.4 Å². The standard InChI is InChI=1S/C19H30N2O9/c1-5-16(23)29-14(3)11-27-18(25)20-8-6-7-13(2)9-21-19(26)28-12-15(4)30-17(24)10-22/h5,10,13-15H,1,6-9,11-12H2,2-4H3,(H,20,25)(H,21,26). The van der Waals surface area contributed by atoms with E-state index in [1.54, 1.807) is 6.92 Å². The Balaban J connectivity index is 3.78. The number of carbonyl (C=O) groups excluding carboxylic acids is 5. The second kappa shape index (κ2) is 15.8. The van der Waals surface area contributed by atoms with Gasteiger partial charge in [-0.2, -0.15) is 0 Å². The fourth-order valence-electron chi connectivity index (χ4n) is 2.03. The van der Waals surface area contributed by atoms with Crippen LogP contribution in [-0.2, 0) is 33.3 Å². The molecular formula is C19H30N2O9. The molecule has 0 aromatic heterocycles. The van der Waals surface area contributed by atoms with Crippen molar-refractivity contribution in [1.29, 1.82) is 0 Å². The van der Waals surface area contributed by atoms with Crippen LogP contribution in [0.2, 0.25) is 0 Å². The van der Waals surface area contributed by atoms with Crippen LogP contribution in [0.1, 0.15) is 33.6 Å². The average Bonchev–Trinajstić information content (AvgIpc) is 2.71. The Hall–Kier alpha value is -3.11. The lowest BCUT2D eigenvalue weighted by atomic mass is 10.1. The molecule has 3 unspecified atom stereocenters. The van der Waals surface area contributed by atoms with Gasteiger partial charge in [-0.3, -0.25) is 4.79 Å². The number of nitrogens with one attached hydrogen (secondary N) is 2. The maximum absolute atomic E-state index is 11.6. The van der Waals surface area contributed by atoms with E-state index in [9.17, 15) is 24.0 Å². The highest BCUT2D eigenvalue weighted by Crippen LogP contribution is 2.04. The summed E-state index contributed by atoms with van der Waals surface area (Å²) in [4.78, 5) is 55.1. The Bertz CT molecular complexity index is 595. The zero-order valence-corrected chi connectivity index (χ0v) is 17.5. The van der Waals surface area contributed by atoms with E-state index in [2.05, 4.69) is 21.9 Å². The Morgan fingerprint density at radius 3 is 1.97 bits per heavy atom. The monoisotopic (exact) mass is 430 g/mol. The highest BCUT2D eigenvalue weighted by molar-refractivity contribution is 6.20. The number of ether oxygens (including phenoxy) is 4. The van der Waals surface area contributed by atoms with Gasteiger partial charge in [0.2, 0.25) is 6.29 Å². The molecule has 0 rings (SSSR count). The summed E-state index contributed by atoms with van der Waals surface area (Å²) < 4.78 is 19.3. The van der Waals surface area contributed by atoms with Gasteiger partial charge < -0.3 is 29.6 Å². The van der Waals surface area contributed by atoms with Gasteiger partial charge in [0, 0.05) is 19.2 Å². The van der Waals surface area contributed by atoms with Crippen LogP contribution in [0.3, 0.4) is 0 Å². The van der Waals surface area contributed by atoms with Crippen LogP contribution in [0.25, 0.3) is 0 Å². The zero-order chi connectivity index (χ0) is 22.9. The quantitative estimate of drug-likeness (QED) is 0.103. The summed E-state index contributed by atoms with van der Waals surface area (Å²) in [5.41, 5.74) is 0. The van der Waals surface area contributed by atoms with E-state index in [-0.39, 0.29) is 25.4 Å². The maximum atomic E-state index is 11.6. The topological polar surface area (TPSA) is 146 Å².